The zero-order valence-electron chi connectivity index (χ0n) is 16.3. The number of rotatable bonds is 7. The smallest absolute Gasteiger partial charge is 0.303 e. The molecule has 2 aromatic rings. The van der Waals surface area contributed by atoms with Crippen molar-refractivity contribution in [3.63, 3.8) is 0 Å². The van der Waals surface area contributed by atoms with Gasteiger partial charge in [0.2, 0.25) is 0 Å². The summed E-state index contributed by atoms with van der Waals surface area (Å²) in [6, 6.07) is 7.16. The first-order valence-electron chi connectivity index (χ1n) is 9.59. The topological polar surface area (TPSA) is 92.9 Å². The van der Waals surface area contributed by atoms with Gasteiger partial charge in [-0.05, 0) is 57.2 Å². The number of hydrogen-bond donors (Lipinski definition) is 1. The van der Waals surface area contributed by atoms with Crippen molar-refractivity contribution in [2.24, 2.45) is 5.92 Å². The van der Waals surface area contributed by atoms with E-state index < -0.39 is 5.97 Å². The van der Waals surface area contributed by atoms with E-state index in [1.54, 1.807) is 12.1 Å². The zero-order valence-corrected chi connectivity index (χ0v) is 16.3. The lowest BCUT2D eigenvalue weighted by Crippen LogP contribution is -2.40. The Morgan fingerprint density at radius 2 is 2.18 bits per heavy atom. The Morgan fingerprint density at radius 3 is 2.89 bits per heavy atom. The third kappa shape index (κ3) is 4.91. The van der Waals surface area contributed by atoms with Gasteiger partial charge in [0.05, 0.1) is 11.3 Å². The van der Waals surface area contributed by atoms with Gasteiger partial charge >= 0.3 is 5.97 Å². The molecule has 7 heteroatoms. The molecule has 0 radical (unpaired) electrons. The van der Waals surface area contributed by atoms with Crippen molar-refractivity contribution in [3.8, 4) is 5.75 Å². The summed E-state index contributed by atoms with van der Waals surface area (Å²) in [6.07, 6.45) is 2.63. The fourth-order valence-electron chi connectivity index (χ4n) is 3.58. The van der Waals surface area contributed by atoms with Gasteiger partial charge in [-0.2, -0.15) is 0 Å². The van der Waals surface area contributed by atoms with Crippen molar-refractivity contribution in [3.05, 3.63) is 46.8 Å². The molecule has 2 heterocycles. The Kier molecular flexibility index (Phi) is 6.34. The van der Waals surface area contributed by atoms with Gasteiger partial charge in [-0.3, -0.25) is 9.59 Å². The van der Waals surface area contributed by atoms with Crippen molar-refractivity contribution in [1.82, 2.24) is 10.1 Å². The molecule has 150 valence electrons. The molecule has 1 aromatic heterocycles. The van der Waals surface area contributed by atoms with E-state index in [0.29, 0.717) is 37.4 Å². The molecule has 1 aliphatic heterocycles. The molecule has 1 aromatic carbocycles. The summed E-state index contributed by atoms with van der Waals surface area (Å²) < 4.78 is 11.0. The summed E-state index contributed by atoms with van der Waals surface area (Å²) >= 11 is 0. The van der Waals surface area contributed by atoms with Crippen LogP contribution < -0.4 is 4.74 Å². The van der Waals surface area contributed by atoms with Gasteiger partial charge < -0.3 is 19.3 Å². The van der Waals surface area contributed by atoms with Crippen LogP contribution in [0.25, 0.3) is 0 Å². The lowest BCUT2D eigenvalue weighted by molar-refractivity contribution is -0.137. The van der Waals surface area contributed by atoms with Crippen LogP contribution in [0.15, 0.2) is 28.8 Å². The van der Waals surface area contributed by atoms with E-state index in [1.165, 1.54) is 0 Å². The highest BCUT2D eigenvalue weighted by molar-refractivity contribution is 5.94. The second kappa shape index (κ2) is 8.91. The maximum Gasteiger partial charge on any atom is 0.303 e. The maximum absolute atomic E-state index is 12.9. The van der Waals surface area contributed by atoms with E-state index in [4.69, 9.17) is 14.4 Å². The van der Waals surface area contributed by atoms with E-state index in [0.717, 1.165) is 29.9 Å². The minimum atomic E-state index is -0.786. The average Bonchev–Trinajstić information content (AvgIpc) is 3.02. The third-order valence-electron chi connectivity index (χ3n) is 5.22. The number of nitrogens with zero attached hydrogens (tertiary/aromatic N) is 2. The summed E-state index contributed by atoms with van der Waals surface area (Å²) in [5, 5.41) is 12.8. The number of benzene rings is 1. The molecule has 1 unspecified atom stereocenters. The van der Waals surface area contributed by atoms with Crippen LogP contribution in [0.2, 0.25) is 0 Å². The van der Waals surface area contributed by atoms with Gasteiger partial charge in [-0.1, -0.05) is 11.2 Å². The summed E-state index contributed by atoms with van der Waals surface area (Å²) in [4.78, 5) is 25.5. The summed E-state index contributed by atoms with van der Waals surface area (Å²) in [7, 11) is 0. The number of aryl methyl sites for hydroxylation is 2. The number of ether oxygens (including phenoxy) is 1. The predicted octanol–water partition coefficient (Wildman–Crippen LogP) is 3.59. The molecule has 0 bridgehead atoms. The van der Waals surface area contributed by atoms with E-state index in [1.807, 2.05) is 30.9 Å². The molecular formula is C21H26N2O5. The highest BCUT2D eigenvalue weighted by Gasteiger charge is 2.25. The number of aromatic nitrogens is 1. The average molecular weight is 386 g/mol. The number of aliphatic carboxylic acids is 1. The van der Waals surface area contributed by atoms with E-state index >= 15 is 0 Å². The first-order valence-corrected chi connectivity index (χ1v) is 9.59. The number of carbonyl (C=O) groups excluding carboxylic acids is 1. The lowest BCUT2D eigenvalue weighted by atomic mass is 9.93. The van der Waals surface area contributed by atoms with Gasteiger partial charge in [0.15, 0.2) is 0 Å². The molecule has 1 atom stereocenters. The monoisotopic (exact) mass is 386 g/mol. The molecule has 3 rings (SSSR count). The molecule has 1 fully saturated rings. The standard InChI is InChI=1S/C21H26N2O5/c1-14-19(15(2)28-22-14)13-27-18-7-3-6-17(11-18)21(26)23-10-4-5-16(12-23)8-9-20(24)25/h3,6-7,11,16H,4-5,8-10,12-13H2,1-2H3,(H,24,25). The lowest BCUT2D eigenvalue weighted by Gasteiger charge is -2.32. The van der Waals surface area contributed by atoms with Crippen molar-refractivity contribution < 1.29 is 24.0 Å². The van der Waals surface area contributed by atoms with Gasteiger partial charge in [-0.15, -0.1) is 0 Å². The number of hydrogen-bond acceptors (Lipinski definition) is 5. The highest BCUT2D eigenvalue weighted by Crippen LogP contribution is 2.24. The molecule has 0 saturated carbocycles. The molecule has 1 N–H and O–H groups in total. The van der Waals surface area contributed by atoms with Crippen LogP contribution in [-0.4, -0.2) is 40.1 Å². The Hall–Kier alpha value is -2.83. The minimum absolute atomic E-state index is 0.0391. The molecule has 0 spiro atoms. The van der Waals surface area contributed by atoms with Crippen molar-refractivity contribution in [1.29, 1.82) is 0 Å². The van der Waals surface area contributed by atoms with Crippen LogP contribution in [0, 0.1) is 19.8 Å². The van der Waals surface area contributed by atoms with Crippen LogP contribution in [-0.2, 0) is 11.4 Å². The number of carboxylic acids is 1. The van der Waals surface area contributed by atoms with E-state index in [2.05, 4.69) is 5.16 Å². The van der Waals surface area contributed by atoms with Crippen LogP contribution in [0.3, 0.4) is 0 Å². The number of carboxylic acid groups (broad SMARTS) is 1. The van der Waals surface area contributed by atoms with Crippen LogP contribution in [0.1, 0.15) is 53.1 Å². The Morgan fingerprint density at radius 1 is 1.36 bits per heavy atom. The fraction of sp³-hybridized carbons (Fsp3) is 0.476. The van der Waals surface area contributed by atoms with E-state index in [-0.39, 0.29) is 18.2 Å². The number of likely N-dealkylation sites (tertiary alicyclic amines) is 1. The van der Waals surface area contributed by atoms with Crippen LogP contribution in [0.5, 0.6) is 5.75 Å². The summed E-state index contributed by atoms with van der Waals surface area (Å²) in [5.74, 6) is 0.762. The van der Waals surface area contributed by atoms with Crippen molar-refractivity contribution in [2.75, 3.05) is 13.1 Å². The normalized spacial score (nSPS) is 16.8. The largest absolute Gasteiger partial charge is 0.489 e. The molecule has 1 amide bonds. The third-order valence-corrected chi connectivity index (χ3v) is 5.22. The molecule has 1 aliphatic rings. The molecule has 1 saturated heterocycles. The Balaban J connectivity index is 1.62. The predicted molar refractivity (Wildman–Crippen MR) is 102 cm³/mol. The Bertz CT molecular complexity index is 826. The zero-order chi connectivity index (χ0) is 20.1. The molecule has 7 nitrogen and oxygen atoms in total. The first-order chi connectivity index (χ1) is 13.4. The number of piperidine rings is 1. The second-order valence-corrected chi connectivity index (χ2v) is 7.31. The Labute approximate surface area is 164 Å². The van der Waals surface area contributed by atoms with Gasteiger partial charge in [-0.25, -0.2) is 0 Å². The highest BCUT2D eigenvalue weighted by atomic mass is 16.5. The van der Waals surface area contributed by atoms with Gasteiger partial charge in [0.25, 0.3) is 5.91 Å². The number of amides is 1. The second-order valence-electron chi connectivity index (χ2n) is 7.31. The first kappa shape index (κ1) is 19.9. The summed E-state index contributed by atoms with van der Waals surface area (Å²) in [5.41, 5.74) is 2.29. The van der Waals surface area contributed by atoms with Crippen molar-refractivity contribution in [2.45, 2.75) is 46.1 Å². The molecule has 0 aliphatic carbocycles. The summed E-state index contributed by atoms with van der Waals surface area (Å²) in [6.45, 7) is 5.35. The molecular weight excluding hydrogens is 360 g/mol. The quantitative estimate of drug-likeness (QED) is 0.782. The van der Waals surface area contributed by atoms with Crippen LogP contribution in [0.4, 0.5) is 0 Å². The molecule has 28 heavy (non-hydrogen) atoms. The number of carbonyl (C=O) groups is 2. The minimum Gasteiger partial charge on any atom is -0.489 e. The maximum atomic E-state index is 12.9. The van der Waals surface area contributed by atoms with E-state index in [9.17, 15) is 9.59 Å². The SMILES string of the molecule is Cc1noc(C)c1COc1cccc(C(=O)N2CCCC(CCC(=O)O)C2)c1. The van der Waals surface area contributed by atoms with Crippen LogP contribution >= 0.6 is 0 Å². The van der Waals surface area contributed by atoms with Gasteiger partial charge in [0, 0.05) is 25.1 Å². The van der Waals surface area contributed by atoms with Gasteiger partial charge in [0.1, 0.15) is 18.1 Å². The fourth-order valence-corrected chi connectivity index (χ4v) is 3.58. The van der Waals surface area contributed by atoms with Crippen molar-refractivity contribution >= 4 is 11.9 Å².